The van der Waals surface area contributed by atoms with Crippen LogP contribution in [-0.2, 0) is 0 Å². The molecule has 0 fully saturated rings. The van der Waals surface area contributed by atoms with Crippen molar-refractivity contribution in [2.24, 2.45) is 0 Å². The minimum Gasteiger partial charge on any atom is -0.384 e. The molecule has 0 unspecified atom stereocenters. The SMILES string of the molecule is O[C@H](c1cccc(Br)c1)c1ccc(F)c(F)c1. The molecule has 88 valence electrons. The standard InChI is InChI=1S/C13H9BrF2O/c14-10-3-1-2-8(6-10)13(17)9-4-5-11(15)12(16)7-9/h1-7,13,17H/t13-/m1/s1. The largest absolute Gasteiger partial charge is 0.384 e. The molecule has 0 saturated carbocycles. The maximum Gasteiger partial charge on any atom is 0.159 e. The second-order valence-electron chi connectivity index (χ2n) is 3.63. The molecule has 1 nitrogen and oxygen atoms in total. The molecule has 2 aromatic carbocycles. The maximum absolute atomic E-state index is 13.0. The zero-order valence-corrected chi connectivity index (χ0v) is 10.3. The van der Waals surface area contributed by atoms with Gasteiger partial charge in [-0.3, -0.25) is 0 Å². The minimum atomic E-state index is -0.970. The highest BCUT2D eigenvalue weighted by Crippen LogP contribution is 2.25. The molecule has 0 spiro atoms. The zero-order chi connectivity index (χ0) is 12.4. The average Bonchev–Trinajstić information content (AvgIpc) is 2.32. The van der Waals surface area contributed by atoms with Crippen LogP contribution in [0.15, 0.2) is 46.9 Å². The molecule has 1 atom stereocenters. The van der Waals surface area contributed by atoms with Crippen molar-refractivity contribution in [3.05, 3.63) is 69.7 Å². The van der Waals surface area contributed by atoms with Crippen LogP contribution in [0.3, 0.4) is 0 Å². The summed E-state index contributed by atoms with van der Waals surface area (Å²) in [6.07, 6.45) is -0.970. The van der Waals surface area contributed by atoms with Crippen molar-refractivity contribution in [1.82, 2.24) is 0 Å². The first-order valence-electron chi connectivity index (χ1n) is 4.96. The first-order valence-corrected chi connectivity index (χ1v) is 5.75. The van der Waals surface area contributed by atoms with E-state index in [9.17, 15) is 13.9 Å². The molecule has 0 aliphatic carbocycles. The second-order valence-corrected chi connectivity index (χ2v) is 4.55. The summed E-state index contributed by atoms with van der Waals surface area (Å²) >= 11 is 3.28. The van der Waals surface area contributed by atoms with Crippen LogP contribution in [0.1, 0.15) is 17.2 Å². The molecule has 0 amide bonds. The Balaban J connectivity index is 2.36. The third-order valence-electron chi connectivity index (χ3n) is 2.42. The molecule has 0 aliphatic heterocycles. The number of halogens is 3. The topological polar surface area (TPSA) is 20.2 Å². The molecule has 4 heteroatoms. The van der Waals surface area contributed by atoms with E-state index < -0.39 is 17.7 Å². The summed E-state index contributed by atoms with van der Waals surface area (Å²) in [7, 11) is 0. The third-order valence-corrected chi connectivity index (χ3v) is 2.92. The molecule has 0 radical (unpaired) electrons. The van der Waals surface area contributed by atoms with Gasteiger partial charge in [0.2, 0.25) is 0 Å². The van der Waals surface area contributed by atoms with Gasteiger partial charge in [-0.15, -0.1) is 0 Å². The van der Waals surface area contributed by atoms with Crippen LogP contribution in [0, 0.1) is 11.6 Å². The van der Waals surface area contributed by atoms with Crippen LogP contribution in [-0.4, -0.2) is 5.11 Å². The fraction of sp³-hybridized carbons (Fsp3) is 0.0769. The van der Waals surface area contributed by atoms with Gasteiger partial charge in [0, 0.05) is 4.47 Å². The molecule has 1 N–H and O–H groups in total. The van der Waals surface area contributed by atoms with Gasteiger partial charge in [-0.25, -0.2) is 8.78 Å². The summed E-state index contributed by atoms with van der Waals surface area (Å²) in [5.74, 6) is -1.88. The Morgan fingerprint density at radius 3 is 2.29 bits per heavy atom. The van der Waals surface area contributed by atoms with Crippen molar-refractivity contribution in [2.75, 3.05) is 0 Å². The van der Waals surface area contributed by atoms with Crippen molar-refractivity contribution >= 4 is 15.9 Å². The number of hydrogen-bond donors (Lipinski definition) is 1. The average molecular weight is 299 g/mol. The van der Waals surface area contributed by atoms with E-state index in [-0.39, 0.29) is 0 Å². The molecule has 2 aromatic rings. The molecule has 2 rings (SSSR count). The highest BCUT2D eigenvalue weighted by molar-refractivity contribution is 9.10. The molecule has 0 heterocycles. The number of aliphatic hydroxyl groups is 1. The summed E-state index contributed by atoms with van der Waals surface area (Å²) in [5.41, 5.74) is 0.937. The minimum absolute atomic E-state index is 0.321. The maximum atomic E-state index is 13.0. The van der Waals surface area contributed by atoms with Gasteiger partial charge in [0.1, 0.15) is 6.10 Å². The van der Waals surface area contributed by atoms with Crippen molar-refractivity contribution in [3.8, 4) is 0 Å². The van der Waals surface area contributed by atoms with Gasteiger partial charge in [0.25, 0.3) is 0 Å². The third kappa shape index (κ3) is 2.70. The number of rotatable bonds is 2. The quantitative estimate of drug-likeness (QED) is 0.894. The molecule has 0 aromatic heterocycles. The summed E-state index contributed by atoms with van der Waals surface area (Å²) in [4.78, 5) is 0. The van der Waals surface area contributed by atoms with E-state index in [0.717, 1.165) is 16.6 Å². The summed E-state index contributed by atoms with van der Waals surface area (Å²) in [6.45, 7) is 0. The van der Waals surface area contributed by atoms with Crippen molar-refractivity contribution < 1.29 is 13.9 Å². The summed E-state index contributed by atoms with van der Waals surface area (Å²) < 4.78 is 26.6. The molecule has 0 saturated heterocycles. The van der Waals surface area contributed by atoms with E-state index in [1.807, 2.05) is 6.07 Å². The fourth-order valence-electron chi connectivity index (χ4n) is 1.55. The lowest BCUT2D eigenvalue weighted by molar-refractivity contribution is 0.219. The lowest BCUT2D eigenvalue weighted by Gasteiger charge is -2.12. The Morgan fingerprint density at radius 1 is 0.941 bits per heavy atom. The highest BCUT2D eigenvalue weighted by atomic mass is 79.9. The van der Waals surface area contributed by atoms with Crippen LogP contribution in [0.25, 0.3) is 0 Å². The van der Waals surface area contributed by atoms with E-state index in [4.69, 9.17) is 0 Å². The number of benzene rings is 2. The fourth-order valence-corrected chi connectivity index (χ4v) is 1.97. The first kappa shape index (κ1) is 12.2. The smallest absolute Gasteiger partial charge is 0.159 e. The van der Waals surface area contributed by atoms with Gasteiger partial charge in [-0.1, -0.05) is 34.1 Å². The predicted molar refractivity (Wildman–Crippen MR) is 64.6 cm³/mol. The van der Waals surface area contributed by atoms with E-state index in [1.165, 1.54) is 6.07 Å². The molecule has 0 aliphatic rings. The van der Waals surface area contributed by atoms with Crippen LogP contribution < -0.4 is 0 Å². The van der Waals surface area contributed by atoms with Crippen molar-refractivity contribution in [3.63, 3.8) is 0 Å². The van der Waals surface area contributed by atoms with Crippen LogP contribution in [0.5, 0.6) is 0 Å². The summed E-state index contributed by atoms with van der Waals surface area (Å²) in [5, 5.41) is 10.0. The Morgan fingerprint density at radius 2 is 1.65 bits per heavy atom. The number of aliphatic hydroxyl groups excluding tert-OH is 1. The van der Waals surface area contributed by atoms with Gasteiger partial charge < -0.3 is 5.11 Å². The predicted octanol–water partition coefficient (Wildman–Crippen LogP) is 3.81. The van der Waals surface area contributed by atoms with Gasteiger partial charge in [0.15, 0.2) is 11.6 Å². The molecule has 17 heavy (non-hydrogen) atoms. The van der Waals surface area contributed by atoms with Crippen LogP contribution >= 0.6 is 15.9 Å². The second kappa shape index (κ2) is 4.94. The van der Waals surface area contributed by atoms with Gasteiger partial charge in [-0.05, 0) is 35.4 Å². The zero-order valence-electron chi connectivity index (χ0n) is 8.70. The molecular formula is C13H9BrF2O. The molecular weight excluding hydrogens is 290 g/mol. The van der Waals surface area contributed by atoms with Gasteiger partial charge in [0.05, 0.1) is 0 Å². The van der Waals surface area contributed by atoms with E-state index in [2.05, 4.69) is 15.9 Å². The summed E-state index contributed by atoms with van der Waals surface area (Å²) in [6, 6.07) is 10.4. The Kier molecular flexibility index (Phi) is 3.54. The van der Waals surface area contributed by atoms with Crippen LogP contribution in [0.2, 0.25) is 0 Å². The van der Waals surface area contributed by atoms with E-state index in [0.29, 0.717) is 11.1 Å². The van der Waals surface area contributed by atoms with Gasteiger partial charge in [-0.2, -0.15) is 0 Å². The molecule has 0 bridgehead atoms. The van der Waals surface area contributed by atoms with Gasteiger partial charge >= 0.3 is 0 Å². The van der Waals surface area contributed by atoms with Crippen molar-refractivity contribution in [2.45, 2.75) is 6.10 Å². The van der Waals surface area contributed by atoms with Crippen molar-refractivity contribution in [1.29, 1.82) is 0 Å². The monoisotopic (exact) mass is 298 g/mol. The van der Waals surface area contributed by atoms with E-state index in [1.54, 1.807) is 18.2 Å². The lowest BCUT2D eigenvalue weighted by atomic mass is 10.0. The first-order chi connectivity index (χ1) is 8.08. The number of hydrogen-bond acceptors (Lipinski definition) is 1. The highest BCUT2D eigenvalue weighted by Gasteiger charge is 2.13. The Labute approximate surface area is 106 Å². The van der Waals surface area contributed by atoms with Crippen LogP contribution in [0.4, 0.5) is 8.78 Å². The lowest BCUT2D eigenvalue weighted by Crippen LogP contribution is -2.00. The Bertz CT molecular complexity index is 543. The normalized spacial score (nSPS) is 12.5. The Hall–Kier alpha value is -1.26. The van der Waals surface area contributed by atoms with E-state index >= 15 is 0 Å².